The van der Waals surface area contributed by atoms with E-state index in [1.165, 1.54) is 0 Å². The van der Waals surface area contributed by atoms with E-state index in [1.54, 1.807) is 0 Å². The topological polar surface area (TPSA) is 41.1 Å². The lowest BCUT2D eigenvalue weighted by Gasteiger charge is -2.25. The predicted molar refractivity (Wildman–Crippen MR) is 79.1 cm³/mol. The van der Waals surface area contributed by atoms with Gasteiger partial charge in [0.1, 0.15) is 0 Å². The van der Waals surface area contributed by atoms with E-state index < -0.39 is 0 Å². The van der Waals surface area contributed by atoms with Crippen LogP contribution < -0.4 is 10.6 Å². The summed E-state index contributed by atoms with van der Waals surface area (Å²) >= 11 is 0. The van der Waals surface area contributed by atoms with Crippen molar-refractivity contribution >= 4 is 18.3 Å². The first-order chi connectivity index (χ1) is 7.88. The molecule has 1 heterocycles. The summed E-state index contributed by atoms with van der Waals surface area (Å²) in [6.45, 7) is 10.8. The Balaban J connectivity index is 0.00000289. The molecule has 3 nitrogen and oxygen atoms in total. The van der Waals surface area contributed by atoms with Crippen LogP contribution in [0.2, 0.25) is 0 Å². The molecule has 1 unspecified atom stereocenters. The minimum absolute atomic E-state index is 0. The van der Waals surface area contributed by atoms with Gasteiger partial charge >= 0.3 is 0 Å². The fourth-order valence-corrected chi connectivity index (χ4v) is 2.17. The third kappa shape index (κ3) is 7.22. The normalized spacial score (nSPS) is 18.9. The van der Waals surface area contributed by atoms with Gasteiger partial charge in [-0.15, -0.1) is 12.4 Å². The highest BCUT2D eigenvalue weighted by Gasteiger charge is 2.22. The smallest absolute Gasteiger partial charge is 0.223 e. The maximum Gasteiger partial charge on any atom is 0.223 e. The Morgan fingerprint density at radius 1 is 1.33 bits per heavy atom. The van der Waals surface area contributed by atoms with Crippen molar-refractivity contribution in [3.63, 3.8) is 0 Å². The van der Waals surface area contributed by atoms with Crippen molar-refractivity contribution in [2.24, 2.45) is 11.3 Å². The molecule has 0 spiro atoms. The molecule has 0 radical (unpaired) electrons. The molecule has 108 valence electrons. The Kier molecular flexibility index (Phi) is 7.88. The standard InChI is InChI=1S/C14H28N2O.ClH/c1-11(5-8-14(2,3)4)16-13(17)12-6-9-15-10-7-12;/h11-12,15H,5-10H2,1-4H3,(H,16,17);1H. The second-order valence-corrected chi connectivity index (χ2v) is 6.53. The zero-order chi connectivity index (χ0) is 12.9. The molecule has 1 rings (SSSR count). The van der Waals surface area contributed by atoms with E-state index in [0.717, 1.165) is 38.8 Å². The minimum atomic E-state index is 0. The fraction of sp³-hybridized carbons (Fsp3) is 0.929. The van der Waals surface area contributed by atoms with Gasteiger partial charge in [0.2, 0.25) is 5.91 Å². The number of hydrogen-bond acceptors (Lipinski definition) is 2. The predicted octanol–water partition coefficient (Wildman–Crippen LogP) is 2.74. The molecule has 0 aliphatic carbocycles. The summed E-state index contributed by atoms with van der Waals surface area (Å²) in [5.74, 6) is 0.487. The lowest BCUT2D eigenvalue weighted by atomic mass is 9.89. The number of carbonyl (C=O) groups excluding carboxylic acids is 1. The Morgan fingerprint density at radius 2 is 1.89 bits per heavy atom. The molecular weight excluding hydrogens is 248 g/mol. The third-order valence-electron chi connectivity index (χ3n) is 3.43. The lowest BCUT2D eigenvalue weighted by molar-refractivity contribution is -0.126. The van der Waals surface area contributed by atoms with Crippen molar-refractivity contribution in [2.75, 3.05) is 13.1 Å². The SMILES string of the molecule is CC(CCC(C)(C)C)NC(=O)C1CCNCC1.Cl. The molecule has 1 aliphatic heterocycles. The van der Waals surface area contributed by atoms with Crippen LogP contribution in [0.5, 0.6) is 0 Å². The van der Waals surface area contributed by atoms with Crippen LogP contribution in [0.4, 0.5) is 0 Å². The van der Waals surface area contributed by atoms with Gasteiger partial charge in [0.25, 0.3) is 0 Å². The number of amides is 1. The zero-order valence-corrected chi connectivity index (χ0v) is 13.0. The summed E-state index contributed by atoms with van der Waals surface area (Å²) in [6, 6.07) is 0.302. The number of rotatable bonds is 4. The molecule has 1 fully saturated rings. The Morgan fingerprint density at radius 3 is 2.39 bits per heavy atom. The first-order valence-electron chi connectivity index (χ1n) is 6.89. The van der Waals surface area contributed by atoms with E-state index >= 15 is 0 Å². The van der Waals surface area contributed by atoms with E-state index in [4.69, 9.17) is 0 Å². The molecular formula is C14H29ClN2O. The first-order valence-corrected chi connectivity index (χ1v) is 6.89. The highest BCUT2D eigenvalue weighted by atomic mass is 35.5. The highest BCUT2D eigenvalue weighted by molar-refractivity contribution is 5.85. The molecule has 2 N–H and O–H groups in total. The number of hydrogen-bond donors (Lipinski definition) is 2. The van der Waals surface area contributed by atoms with E-state index in [1.807, 2.05) is 0 Å². The van der Waals surface area contributed by atoms with Crippen molar-refractivity contribution in [3.8, 4) is 0 Å². The fourth-order valence-electron chi connectivity index (χ4n) is 2.17. The molecule has 0 aromatic rings. The monoisotopic (exact) mass is 276 g/mol. The van der Waals surface area contributed by atoms with Gasteiger partial charge in [-0.2, -0.15) is 0 Å². The number of nitrogens with one attached hydrogen (secondary N) is 2. The summed E-state index contributed by atoms with van der Waals surface area (Å²) in [4.78, 5) is 12.0. The van der Waals surface area contributed by atoms with E-state index in [-0.39, 0.29) is 24.2 Å². The van der Waals surface area contributed by atoms with Gasteiger partial charge in [0, 0.05) is 12.0 Å². The quantitative estimate of drug-likeness (QED) is 0.829. The summed E-state index contributed by atoms with van der Waals surface area (Å²) < 4.78 is 0. The number of halogens is 1. The van der Waals surface area contributed by atoms with E-state index in [2.05, 4.69) is 38.3 Å². The van der Waals surface area contributed by atoms with Crippen molar-refractivity contribution in [2.45, 2.75) is 59.4 Å². The van der Waals surface area contributed by atoms with Crippen LogP contribution in [0.15, 0.2) is 0 Å². The van der Waals surface area contributed by atoms with Gasteiger partial charge in [-0.3, -0.25) is 4.79 Å². The van der Waals surface area contributed by atoms with E-state index in [9.17, 15) is 4.79 Å². The van der Waals surface area contributed by atoms with Crippen molar-refractivity contribution in [1.29, 1.82) is 0 Å². The molecule has 0 bridgehead atoms. The molecule has 1 saturated heterocycles. The van der Waals surface area contributed by atoms with Crippen molar-refractivity contribution < 1.29 is 4.79 Å². The molecule has 18 heavy (non-hydrogen) atoms. The molecule has 1 aliphatic rings. The maximum absolute atomic E-state index is 12.0. The summed E-state index contributed by atoms with van der Waals surface area (Å²) in [5.41, 5.74) is 0.355. The van der Waals surface area contributed by atoms with Crippen LogP contribution >= 0.6 is 12.4 Å². The molecule has 1 atom stereocenters. The summed E-state index contributed by atoms with van der Waals surface area (Å²) in [5, 5.41) is 6.44. The molecule has 0 aromatic carbocycles. The second kappa shape index (κ2) is 8.00. The Bertz CT molecular complexity index is 245. The van der Waals surface area contributed by atoms with Crippen LogP contribution in [-0.2, 0) is 4.79 Å². The van der Waals surface area contributed by atoms with E-state index in [0.29, 0.717) is 11.5 Å². The highest BCUT2D eigenvalue weighted by Crippen LogP contribution is 2.21. The average Bonchev–Trinajstić information content (AvgIpc) is 2.27. The van der Waals surface area contributed by atoms with Crippen LogP contribution in [0, 0.1) is 11.3 Å². The van der Waals surface area contributed by atoms with Crippen LogP contribution in [0.3, 0.4) is 0 Å². The van der Waals surface area contributed by atoms with Gasteiger partial charge in [-0.05, 0) is 51.1 Å². The number of carbonyl (C=O) groups is 1. The molecule has 1 amide bonds. The minimum Gasteiger partial charge on any atom is -0.353 e. The molecule has 0 aromatic heterocycles. The van der Waals surface area contributed by atoms with Gasteiger partial charge in [0.15, 0.2) is 0 Å². The van der Waals surface area contributed by atoms with Gasteiger partial charge in [-0.25, -0.2) is 0 Å². The van der Waals surface area contributed by atoms with Gasteiger partial charge < -0.3 is 10.6 Å². The first kappa shape index (κ1) is 17.7. The summed E-state index contributed by atoms with van der Waals surface area (Å²) in [7, 11) is 0. The number of piperidine rings is 1. The molecule has 4 heteroatoms. The molecule has 0 saturated carbocycles. The van der Waals surface area contributed by atoms with Gasteiger partial charge in [0.05, 0.1) is 0 Å². The third-order valence-corrected chi connectivity index (χ3v) is 3.43. The summed E-state index contributed by atoms with van der Waals surface area (Å²) in [6.07, 6.45) is 4.19. The Labute approximate surface area is 118 Å². The second-order valence-electron chi connectivity index (χ2n) is 6.53. The van der Waals surface area contributed by atoms with Crippen LogP contribution in [-0.4, -0.2) is 25.0 Å². The van der Waals surface area contributed by atoms with Gasteiger partial charge in [-0.1, -0.05) is 20.8 Å². The largest absolute Gasteiger partial charge is 0.353 e. The zero-order valence-electron chi connectivity index (χ0n) is 12.2. The van der Waals surface area contributed by atoms with Crippen molar-refractivity contribution in [1.82, 2.24) is 10.6 Å². The maximum atomic E-state index is 12.0. The Hall–Kier alpha value is -0.280. The van der Waals surface area contributed by atoms with Crippen LogP contribution in [0.25, 0.3) is 0 Å². The van der Waals surface area contributed by atoms with Crippen LogP contribution in [0.1, 0.15) is 53.4 Å². The average molecular weight is 277 g/mol. The lowest BCUT2D eigenvalue weighted by Crippen LogP contribution is -2.41. The van der Waals surface area contributed by atoms with Crippen molar-refractivity contribution in [3.05, 3.63) is 0 Å².